The Kier molecular flexibility index (Phi) is 8.22. The Balaban J connectivity index is 1.28. The Morgan fingerprint density at radius 1 is 0.884 bits per heavy atom. The van der Waals surface area contributed by atoms with Crippen molar-refractivity contribution in [3.05, 3.63) is 122 Å². The molecular weight excluding hydrogens is 607 g/mol. The van der Waals surface area contributed by atoms with Gasteiger partial charge in [0, 0.05) is 59.5 Å². The molecule has 1 amide bonds. The van der Waals surface area contributed by atoms with E-state index in [2.05, 4.69) is 14.9 Å². The van der Waals surface area contributed by atoms with Crippen molar-refractivity contribution in [2.24, 2.45) is 5.92 Å². The van der Waals surface area contributed by atoms with Crippen LogP contribution in [0, 0.1) is 5.92 Å². The lowest BCUT2D eigenvalue weighted by Gasteiger charge is -2.44. The van der Waals surface area contributed by atoms with Crippen molar-refractivity contribution in [1.29, 1.82) is 0 Å². The van der Waals surface area contributed by atoms with E-state index in [1.165, 1.54) is 24.3 Å². The predicted molar refractivity (Wildman–Crippen MR) is 170 cm³/mol. The normalized spacial score (nSPS) is 17.7. The van der Waals surface area contributed by atoms with E-state index in [0.29, 0.717) is 59.6 Å². The van der Waals surface area contributed by atoms with Crippen molar-refractivity contribution < 1.29 is 13.2 Å². The Morgan fingerprint density at radius 3 is 2.35 bits per heavy atom. The van der Waals surface area contributed by atoms with E-state index in [-0.39, 0.29) is 28.2 Å². The summed E-state index contributed by atoms with van der Waals surface area (Å²) in [6.07, 6.45) is 1.58. The molecule has 0 spiro atoms. The second-order valence-corrected chi connectivity index (χ2v) is 13.6. The zero-order valence-electron chi connectivity index (χ0n) is 23.2. The number of nitrogens with one attached hydrogen (secondary N) is 2. The summed E-state index contributed by atoms with van der Waals surface area (Å²) in [7, 11) is -3.99. The first kappa shape index (κ1) is 29.3. The summed E-state index contributed by atoms with van der Waals surface area (Å²) >= 11 is 12.0. The molecule has 8 nitrogen and oxygen atoms in total. The SMILES string of the molecule is O=C(NCCc1ccc(Cl)cc1)c1ccc(N2CC3CC(C2)c2cccc(=O)n2C3)c(NS(=O)(=O)c2ccc(Cl)cc2)c1. The van der Waals surface area contributed by atoms with Crippen molar-refractivity contribution in [1.82, 2.24) is 9.88 Å². The van der Waals surface area contributed by atoms with Crippen LogP contribution in [0.15, 0.2) is 94.6 Å². The molecule has 2 aliphatic rings. The summed E-state index contributed by atoms with van der Waals surface area (Å²) in [5.74, 6) is 0.0390. The number of carbonyl (C=O) groups excluding carboxylic acids is 1. The molecule has 4 aromatic rings. The van der Waals surface area contributed by atoms with Crippen molar-refractivity contribution in [3.63, 3.8) is 0 Å². The highest BCUT2D eigenvalue weighted by molar-refractivity contribution is 7.92. The second kappa shape index (κ2) is 12.1. The van der Waals surface area contributed by atoms with Crippen molar-refractivity contribution in [2.75, 3.05) is 29.3 Å². The third-order valence-corrected chi connectivity index (χ3v) is 9.95. The number of pyridine rings is 1. The molecule has 1 fully saturated rings. The van der Waals surface area contributed by atoms with Gasteiger partial charge in [-0.1, -0.05) is 41.4 Å². The number of rotatable bonds is 8. The lowest BCUT2D eigenvalue weighted by Crippen LogP contribution is -2.47. The van der Waals surface area contributed by atoms with E-state index >= 15 is 0 Å². The quantitative estimate of drug-likeness (QED) is 0.264. The molecule has 2 bridgehead atoms. The van der Waals surface area contributed by atoms with Gasteiger partial charge in [0.2, 0.25) is 0 Å². The average Bonchev–Trinajstić information content (AvgIpc) is 2.98. The lowest BCUT2D eigenvalue weighted by molar-refractivity contribution is 0.0954. The second-order valence-electron chi connectivity index (χ2n) is 11.0. The van der Waals surface area contributed by atoms with E-state index in [1.54, 1.807) is 30.3 Å². The van der Waals surface area contributed by atoms with Crippen LogP contribution in [0.4, 0.5) is 11.4 Å². The zero-order valence-corrected chi connectivity index (χ0v) is 25.5. The van der Waals surface area contributed by atoms with Crippen molar-refractivity contribution in [2.45, 2.75) is 30.2 Å². The van der Waals surface area contributed by atoms with Crippen molar-refractivity contribution in [3.8, 4) is 0 Å². The number of amides is 1. The van der Waals surface area contributed by atoms with Gasteiger partial charge in [-0.3, -0.25) is 14.3 Å². The van der Waals surface area contributed by atoms with Crippen LogP contribution < -0.4 is 20.5 Å². The van der Waals surface area contributed by atoms with Crippen LogP contribution in [0.3, 0.4) is 0 Å². The first-order valence-electron chi connectivity index (χ1n) is 14.1. The van der Waals surface area contributed by atoms with Crippen LogP contribution >= 0.6 is 23.2 Å². The fourth-order valence-corrected chi connectivity index (χ4v) is 7.34. The predicted octanol–water partition coefficient (Wildman–Crippen LogP) is 5.55. The fourth-order valence-electron chi connectivity index (χ4n) is 6.02. The molecule has 1 aromatic heterocycles. The minimum Gasteiger partial charge on any atom is -0.369 e. The van der Waals surface area contributed by atoms with E-state index in [9.17, 15) is 18.0 Å². The van der Waals surface area contributed by atoms with Gasteiger partial charge in [-0.2, -0.15) is 0 Å². The number of sulfonamides is 1. The maximum Gasteiger partial charge on any atom is 0.261 e. The molecule has 2 unspecified atom stereocenters. The van der Waals surface area contributed by atoms with Gasteiger partial charge in [0.15, 0.2) is 0 Å². The fraction of sp³-hybridized carbons (Fsp3) is 0.250. The molecule has 2 N–H and O–H groups in total. The molecule has 222 valence electrons. The van der Waals surface area contributed by atoms with E-state index < -0.39 is 10.0 Å². The van der Waals surface area contributed by atoms with Crippen LogP contribution in [-0.4, -0.2) is 38.5 Å². The van der Waals surface area contributed by atoms with Gasteiger partial charge in [-0.15, -0.1) is 0 Å². The number of benzene rings is 3. The van der Waals surface area contributed by atoms with Gasteiger partial charge in [0.1, 0.15) is 0 Å². The molecule has 6 rings (SSSR count). The monoisotopic (exact) mass is 636 g/mol. The molecule has 2 aliphatic heterocycles. The number of aromatic nitrogens is 1. The van der Waals surface area contributed by atoms with Gasteiger partial charge in [0.25, 0.3) is 21.5 Å². The molecule has 2 atom stereocenters. The first-order chi connectivity index (χ1) is 20.7. The van der Waals surface area contributed by atoms with E-state index in [1.807, 2.05) is 34.9 Å². The summed E-state index contributed by atoms with van der Waals surface area (Å²) in [5, 5.41) is 4.00. The molecule has 11 heteroatoms. The highest BCUT2D eigenvalue weighted by Crippen LogP contribution is 2.40. The number of halogens is 2. The Hall–Kier alpha value is -3.79. The van der Waals surface area contributed by atoms with Gasteiger partial charge < -0.3 is 14.8 Å². The molecule has 3 heterocycles. The maximum atomic E-state index is 13.5. The Bertz CT molecular complexity index is 1830. The molecule has 43 heavy (non-hydrogen) atoms. The summed E-state index contributed by atoms with van der Waals surface area (Å²) in [5.41, 5.74) is 3.36. The van der Waals surface area contributed by atoms with Crippen molar-refractivity contribution >= 4 is 50.5 Å². The molecule has 0 radical (unpaired) electrons. The molecule has 0 saturated carbocycles. The number of hydrogen-bond acceptors (Lipinski definition) is 5. The first-order valence-corrected chi connectivity index (χ1v) is 16.3. The average molecular weight is 638 g/mol. The number of nitrogens with zero attached hydrogens (tertiary/aromatic N) is 2. The largest absolute Gasteiger partial charge is 0.369 e. The maximum absolute atomic E-state index is 13.5. The minimum atomic E-state index is -3.99. The number of carbonyl (C=O) groups is 1. The highest BCUT2D eigenvalue weighted by atomic mass is 35.5. The summed E-state index contributed by atoms with van der Waals surface area (Å²) in [4.78, 5) is 27.9. The van der Waals surface area contributed by atoms with Gasteiger partial charge in [-0.05, 0) is 85.0 Å². The summed E-state index contributed by atoms with van der Waals surface area (Å²) < 4.78 is 31.5. The van der Waals surface area contributed by atoms with E-state index in [4.69, 9.17) is 23.2 Å². The Morgan fingerprint density at radius 2 is 1.60 bits per heavy atom. The van der Waals surface area contributed by atoms with E-state index in [0.717, 1.165) is 17.7 Å². The standard InChI is InChI=1S/C32H30Cl2N4O4S/c33-25-7-4-21(5-8-25)14-15-35-32(40)23-6-13-30(28(17-23)36-43(41,42)27-11-9-26(34)10-12-27)37-18-22-16-24(20-37)29-2-1-3-31(39)38(29)19-22/h1-13,17,22,24,36H,14-16,18-20H2,(H,35,40). The highest BCUT2D eigenvalue weighted by Gasteiger charge is 2.35. The third kappa shape index (κ3) is 6.44. The Labute approximate surface area is 260 Å². The molecular formula is C32H30Cl2N4O4S. The lowest BCUT2D eigenvalue weighted by atomic mass is 9.83. The van der Waals surface area contributed by atoms with Crippen LogP contribution in [-0.2, 0) is 23.0 Å². The smallest absolute Gasteiger partial charge is 0.261 e. The summed E-state index contributed by atoms with van der Waals surface area (Å²) in [6, 6.07) is 23.8. The van der Waals surface area contributed by atoms with Crippen LogP contribution in [0.5, 0.6) is 0 Å². The number of fused-ring (bicyclic) bond motifs is 4. The molecule has 3 aromatic carbocycles. The van der Waals surface area contributed by atoms with Gasteiger partial charge in [-0.25, -0.2) is 8.42 Å². The third-order valence-electron chi connectivity index (χ3n) is 8.06. The van der Waals surface area contributed by atoms with Crippen LogP contribution in [0.25, 0.3) is 0 Å². The topological polar surface area (TPSA) is 101 Å². The minimum absolute atomic E-state index is 0.00323. The van der Waals surface area contributed by atoms with Gasteiger partial charge >= 0.3 is 0 Å². The van der Waals surface area contributed by atoms with Gasteiger partial charge in [0.05, 0.1) is 16.3 Å². The number of hydrogen-bond donors (Lipinski definition) is 2. The number of anilines is 2. The van der Waals surface area contributed by atoms with Crippen LogP contribution in [0.2, 0.25) is 10.0 Å². The molecule has 1 saturated heterocycles. The van der Waals surface area contributed by atoms with Crippen LogP contribution in [0.1, 0.15) is 34.0 Å². The summed E-state index contributed by atoms with van der Waals surface area (Å²) in [6.45, 7) is 2.28. The number of piperidine rings is 1. The zero-order chi connectivity index (χ0) is 30.1. The molecule has 0 aliphatic carbocycles.